The van der Waals surface area contributed by atoms with E-state index in [0.717, 1.165) is 32.0 Å². The van der Waals surface area contributed by atoms with Crippen LogP contribution in [0, 0.1) is 5.92 Å². The molecule has 16 heavy (non-hydrogen) atoms. The van der Waals surface area contributed by atoms with Gasteiger partial charge in [0.15, 0.2) is 0 Å². The van der Waals surface area contributed by atoms with Crippen LogP contribution in [0.4, 0.5) is 4.79 Å². The van der Waals surface area contributed by atoms with Gasteiger partial charge < -0.3 is 15.5 Å². The van der Waals surface area contributed by atoms with E-state index in [4.69, 9.17) is 0 Å². The van der Waals surface area contributed by atoms with Crippen LogP contribution < -0.4 is 10.6 Å². The van der Waals surface area contributed by atoms with Crippen LogP contribution >= 0.6 is 0 Å². The second-order valence-electron chi connectivity index (χ2n) is 5.40. The predicted octanol–water partition coefficient (Wildman–Crippen LogP) is 0.932. The van der Waals surface area contributed by atoms with Crippen LogP contribution in [0.2, 0.25) is 0 Å². The van der Waals surface area contributed by atoms with Crippen molar-refractivity contribution < 1.29 is 4.79 Å². The van der Waals surface area contributed by atoms with Gasteiger partial charge in [0.25, 0.3) is 0 Å². The first-order valence-corrected chi connectivity index (χ1v) is 6.62. The smallest absolute Gasteiger partial charge is 0.318 e. The number of amides is 2. The summed E-state index contributed by atoms with van der Waals surface area (Å²) in [7, 11) is 0. The second-order valence-corrected chi connectivity index (χ2v) is 5.40. The molecule has 3 fully saturated rings. The Hall–Kier alpha value is -0.770. The van der Waals surface area contributed by atoms with Crippen LogP contribution in [0.3, 0.4) is 0 Å². The maximum Gasteiger partial charge on any atom is 0.318 e. The Labute approximate surface area is 96.8 Å². The average Bonchev–Trinajstić information content (AvgIpc) is 2.97. The van der Waals surface area contributed by atoms with E-state index in [1.807, 2.05) is 0 Å². The summed E-state index contributed by atoms with van der Waals surface area (Å²) in [6, 6.07) is 1.03. The third-order valence-corrected chi connectivity index (χ3v) is 4.41. The molecule has 4 nitrogen and oxygen atoms in total. The molecule has 0 aromatic heterocycles. The molecule has 2 aliphatic heterocycles. The first kappa shape index (κ1) is 10.4. The quantitative estimate of drug-likeness (QED) is 0.731. The summed E-state index contributed by atoms with van der Waals surface area (Å²) in [5.41, 5.74) is 0. The highest BCUT2D eigenvalue weighted by molar-refractivity contribution is 5.77. The molecule has 0 bridgehead atoms. The summed E-state index contributed by atoms with van der Waals surface area (Å²) in [5.74, 6) is 0.739. The minimum Gasteiger partial charge on any atom is -0.333 e. The summed E-state index contributed by atoms with van der Waals surface area (Å²) < 4.78 is 0. The molecule has 3 rings (SSSR count). The van der Waals surface area contributed by atoms with E-state index in [-0.39, 0.29) is 6.03 Å². The SMILES string of the molecule is O=C1NC(C2CCCC2)CN1C1CCNC1. The summed E-state index contributed by atoms with van der Waals surface area (Å²) in [5, 5.41) is 6.51. The van der Waals surface area contributed by atoms with Gasteiger partial charge in [-0.2, -0.15) is 0 Å². The average molecular weight is 223 g/mol. The lowest BCUT2D eigenvalue weighted by Gasteiger charge is -2.22. The highest BCUT2D eigenvalue weighted by atomic mass is 16.2. The van der Waals surface area contributed by atoms with Crippen LogP contribution in [0.5, 0.6) is 0 Å². The van der Waals surface area contributed by atoms with Gasteiger partial charge in [0.1, 0.15) is 0 Å². The number of nitrogens with zero attached hydrogens (tertiary/aromatic N) is 1. The highest BCUT2D eigenvalue weighted by Crippen LogP contribution is 2.30. The molecule has 2 atom stereocenters. The van der Waals surface area contributed by atoms with Crippen LogP contribution in [0.25, 0.3) is 0 Å². The molecule has 0 aromatic carbocycles. The van der Waals surface area contributed by atoms with Gasteiger partial charge in [-0.3, -0.25) is 0 Å². The van der Waals surface area contributed by atoms with E-state index in [9.17, 15) is 4.79 Å². The third-order valence-electron chi connectivity index (χ3n) is 4.41. The fraction of sp³-hybridized carbons (Fsp3) is 0.917. The summed E-state index contributed by atoms with van der Waals surface area (Å²) >= 11 is 0. The molecule has 3 aliphatic rings. The summed E-state index contributed by atoms with van der Waals surface area (Å²) in [4.78, 5) is 14.0. The Morgan fingerprint density at radius 3 is 2.69 bits per heavy atom. The molecule has 2 saturated heterocycles. The first-order valence-electron chi connectivity index (χ1n) is 6.62. The number of hydrogen-bond donors (Lipinski definition) is 2. The molecule has 2 unspecified atom stereocenters. The Morgan fingerprint density at radius 1 is 1.19 bits per heavy atom. The van der Waals surface area contributed by atoms with Crippen molar-refractivity contribution in [3.8, 4) is 0 Å². The van der Waals surface area contributed by atoms with Gasteiger partial charge in [0, 0.05) is 19.1 Å². The zero-order valence-electron chi connectivity index (χ0n) is 9.74. The molecular weight excluding hydrogens is 202 g/mol. The van der Waals surface area contributed by atoms with Gasteiger partial charge in [-0.1, -0.05) is 12.8 Å². The number of rotatable bonds is 2. The Morgan fingerprint density at radius 2 is 2.00 bits per heavy atom. The number of urea groups is 1. The van der Waals surface area contributed by atoms with E-state index in [0.29, 0.717) is 12.1 Å². The van der Waals surface area contributed by atoms with Crippen LogP contribution in [0.15, 0.2) is 0 Å². The molecule has 0 radical (unpaired) electrons. The topological polar surface area (TPSA) is 44.4 Å². The Balaban J connectivity index is 1.62. The zero-order chi connectivity index (χ0) is 11.0. The van der Waals surface area contributed by atoms with Crippen LogP contribution in [-0.2, 0) is 0 Å². The molecule has 2 amide bonds. The number of carbonyl (C=O) groups excluding carboxylic acids is 1. The first-order chi connectivity index (χ1) is 7.84. The predicted molar refractivity (Wildman–Crippen MR) is 62.3 cm³/mol. The van der Waals surface area contributed by atoms with Gasteiger partial charge >= 0.3 is 6.03 Å². The fourth-order valence-corrected chi connectivity index (χ4v) is 3.43. The van der Waals surface area contributed by atoms with Gasteiger partial charge in [-0.15, -0.1) is 0 Å². The van der Waals surface area contributed by atoms with Crippen LogP contribution in [0.1, 0.15) is 32.1 Å². The van der Waals surface area contributed by atoms with Gasteiger partial charge in [0.05, 0.1) is 6.04 Å². The minimum absolute atomic E-state index is 0.172. The minimum atomic E-state index is 0.172. The monoisotopic (exact) mass is 223 g/mol. The van der Waals surface area contributed by atoms with E-state index in [2.05, 4.69) is 15.5 Å². The summed E-state index contributed by atoms with van der Waals surface area (Å²) in [6.45, 7) is 2.98. The molecule has 0 aromatic rings. The standard InChI is InChI=1S/C12H21N3O/c16-12-14-11(9-3-1-2-4-9)8-15(12)10-5-6-13-7-10/h9-11,13H,1-8H2,(H,14,16). The van der Waals surface area contributed by atoms with Crippen LogP contribution in [-0.4, -0.2) is 42.6 Å². The molecule has 4 heteroatoms. The van der Waals surface area contributed by atoms with Crippen molar-refractivity contribution in [3.05, 3.63) is 0 Å². The lowest BCUT2D eigenvalue weighted by molar-refractivity contribution is 0.201. The second kappa shape index (κ2) is 4.24. The lowest BCUT2D eigenvalue weighted by Crippen LogP contribution is -2.39. The van der Waals surface area contributed by atoms with Crippen molar-refractivity contribution in [2.75, 3.05) is 19.6 Å². The van der Waals surface area contributed by atoms with E-state index in [1.54, 1.807) is 0 Å². The zero-order valence-corrected chi connectivity index (χ0v) is 9.74. The van der Waals surface area contributed by atoms with Gasteiger partial charge in [-0.05, 0) is 31.7 Å². The molecule has 2 N–H and O–H groups in total. The molecule has 1 saturated carbocycles. The number of carbonyl (C=O) groups is 1. The van der Waals surface area contributed by atoms with E-state index in [1.165, 1.54) is 25.7 Å². The Bertz CT molecular complexity index is 269. The van der Waals surface area contributed by atoms with Crippen molar-refractivity contribution in [1.82, 2.24) is 15.5 Å². The maximum absolute atomic E-state index is 11.9. The fourth-order valence-electron chi connectivity index (χ4n) is 3.43. The number of nitrogens with one attached hydrogen (secondary N) is 2. The van der Waals surface area contributed by atoms with Crippen molar-refractivity contribution >= 4 is 6.03 Å². The van der Waals surface area contributed by atoms with E-state index < -0.39 is 0 Å². The van der Waals surface area contributed by atoms with Gasteiger partial charge in [-0.25, -0.2) is 4.79 Å². The van der Waals surface area contributed by atoms with Crippen molar-refractivity contribution in [3.63, 3.8) is 0 Å². The molecule has 2 heterocycles. The normalized spacial score (nSPS) is 36.0. The molecule has 90 valence electrons. The molecule has 1 aliphatic carbocycles. The lowest BCUT2D eigenvalue weighted by atomic mass is 9.99. The third kappa shape index (κ3) is 1.79. The van der Waals surface area contributed by atoms with Gasteiger partial charge in [0.2, 0.25) is 0 Å². The Kier molecular flexibility index (Phi) is 2.75. The number of hydrogen-bond acceptors (Lipinski definition) is 2. The van der Waals surface area contributed by atoms with Crippen molar-refractivity contribution in [1.29, 1.82) is 0 Å². The maximum atomic E-state index is 11.9. The molecule has 0 spiro atoms. The molecular formula is C12H21N3O. The van der Waals surface area contributed by atoms with Crippen molar-refractivity contribution in [2.45, 2.75) is 44.2 Å². The highest BCUT2D eigenvalue weighted by Gasteiger charge is 2.38. The summed E-state index contributed by atoms with van der Waals surface area (Å²) in [6.07, 6.45) is 6.43. The largest absolute Gasteiger partial charge is 0.333 e. The van der Waals surface area contributed by atoms with E-state index >= 15 is 0 Å². The van der Waals surface area contributed by atoms with Crippen molar-refractivity contribution in [2.24, 2.45) is 5.92 Å².